The first kappa shape index (κ1) is 14.3. The van der Waals surface area contributed by atoms with E-state index < -0.39 is 10.0 Å². The van der Waals surface area contributed by atoms with Gasteiger partial charge in [0.05, 0.1) is 5.75 Å². The minimum Gasteiger partial charge on any atom is -0.320 e. The summed E-state index contributed by atoms with van der Waals surface area (Å²) in [6, 6.07) is 0. The molecule has 0 aliphatic carbocycles. The van der Waals surface area contributed by atoms with Gasteiger partial charge in [0.25, 0.3) is 0 Å². The molecule has 1 aliphatic rings. The van der Waals surface area contributed by atoms with Crippen molar-refractivity contribution >= 4 is 21.8 Å². The van der Waals surface area contributed by atoms with Crippen molar-refractivity contribution in [1.82, 2.24) is 10.0 Å². The van der Waals surface area contributed by atoms with Gasteiger partial charge in [-0.2, -0.15) is 11.8 Å². The van der Waals surface area contributed by atoms with Crippen molar-refractivity contribution in [2.45, 2.75) is 30.9 Å². The van der Waals surface area contributed by atoms with E-state index in [-0.39, 0.29) is 5.75 Å². The van der Waals surface area contributed by atoms with Crippen molar-refractivity contribution < 1.29 is 8.42 Å². The fourth-order valence-corrected chi connectivity index (χ4v) is 4.17. The Labute approximate surface area is 103 Å². The van der Waals surface area contributed by atoms with Gasteiger partial charge in [-0.3, -0.25) is 0 Å². The third-order valence-corrected chi connectivity index (χ3v) is 5.48. The van der Waals surface area contributed by atoms with Crippen LogP contribution in [0, 0.1) is 0 Å². The molecule has 6 heteroatoms. The minimum absolute atomic E-state index is 0.227. The monoisotopic (exact) mass is 266 g/mol. The fraction of sp³-hybridized carbons (Fsp3) is 1.00. The summed E-state index contributed by atoms with van der Waals surface area (Å²) in [7, 11) is -1.22. The summed E-state index contributed by atoms with van der Waals surface area (Å²) >= 11 is 1.89. The predicted octanol–water partition coefficient (Wildman–Crippen LogP) is 0.801. The van der Waals surface area contributed by atoms with Crippen LogP contribution in [0.4, 0.5) is 0 Å². The number of hydrogen-bond donors (Lipinski definition) is 2. The average Bonchev–Trinajstić information content (AvgIpc) is 2.28. The SMILES string of the molecule is CNCCCS(=O)(=O)NCC1CCCCS1. The summed E-state index contributed by atoms with van der Waals surface area (Å²) in [5.41, 5.74) is 0. The lowest BCUT2D eigenvalue weighted by molar-refractivity contribution is 0.570. The molecule has 0 spiro atoms. The lowest BCUT2D eigenvalue weighted by Crippen LogP contribution is -2.34. The Kier molecular flexibility index (Phi) is 6.72. The van der Waals surface area contributed by atoms with Crippen LogP contribution in [0.15, 0.2) is 0 Å². The summed E-state index contributed by atoms with van der Waals surface area (Å²) in [5.74, 6) is 1.40. The summed E-state index contributed by atoms with van der Waals surface area (Å²) < 4.78 is 25.9. The van der Waals surface area contributed by atoms with Crippen LogP contribution < -0.4 is 10.0 Å². The first-order valence-corrected chi connectivity index (χ1v) is 8.58. The lowest BCUT2D eigenvalue weighted by Gasteiger charge is -2.21. The Morgan fingerprint density at radius 1 is 1.38 bits per heavy atom. The molecule has 0 aromatic heterocycles. The Bertz CT molecular complexity index is 275. The maximum atomic E-state index is 11.6. The zero-order chi connectivity index (χ0) is 11.9. The number of sulfonamides is 1. The van der Waals surface area contributed by atoms with Crippen LogP contribution in [0.2, 0.25) is 0 Å². The Morgan fingerprint density at radius 2 is 2.19 bits per heavy atom. The molecule has 96 valence electrons. The third kappa shape index (κ3) is 6.08. The van der Waals surface area contributed by atoms with Gasteiger partial charge in [0.2, 0.25) is 10.0 Å². The predicted molar refractivity (Wildman–Crippen MR) is 70.4 cm³/mol. The molecule has 1 fully saturated rings. The molecule has 0 aromatic carbocycles. The maximum Gasteiger partial charge on any atom is 0.211 e. The smallest absolute Gasteiger partial charge is 0.211 e. The van der Waals surface area contributed by atoms with Crippen molar-refractivity contribution in [1.29, 1.82) is 0 Å². The van der Waals surface area contributed by atoms with Crippen LogP contribution in [-0.2, 0) is 10.0 Å². The number of nitrogens with one attached hydrogen (secondary N) is 2. The van der Waals surface area contributed by atoms with Crippen LogP contribution in [0.3, 0.4) is 0 Å². The molecular weight excluding hydrogens is 244 g/mol. The van der Waals surface area contributed by atoms with Gasteiger partial charge in [0.15, 0.2) is 0 Å². The van der Waals surface area contributed by atoms with Gasteiger partial charge < -0.3 is 5.32 Å². The van der Waals surface area contributed by atoms with Gasteiger partial charge in [0, 0.05) is 11.8 Å². The Hall–Kier alpha value is 0.220. The van der Waals surface area contributed by atoms with Gasteiger partial charge in [-0.1, -0.05) is 6.42 Å². The first-order valence-electron chi connectivity index (χ1n) is 5.87. The van der Waals surface area contributed by atoms with E-state index >= 15 is 0 Å². The van der Waals surface area contributed by atoms with Crippen molar-refractivity contribution in [3.8, 4) is 0 Å². The van der Waals surface area contributed by atoms with Gasteiger partial charge in [0.1, 0.15) is 0 Å². The molecule has 1 aliphatic heterocycles. The molecule has 4 nitrogen and oxygen atoms in total. The zero-order valence-electron chi connectivity index (χ0n) is 9.87. The second-order valence-corrected chi connectivity index (χ2v) is 7.45. The van der Waals surface area contributed by atoms with E-state index in [1.807, 2.05) is 18.8 Å². The van der Waals surface area contributed by atoms with E-state index in [4.69, 9.17) is 0 Å². The number of thioether (sulfide) groups is 1. The first-order chi connectivity index (χ1) is 7.64. The molecule has 1 unspecified atom stereocenters. The normalized spacial score (nSPS) is 22.2. The quantitative estimate of drug-likeness (QED) is 0.669. The van der Waals surface area contributed by atoms with Crippen molar-refractivity contribution in [2.24, 2.45) is 0 Å². The lowest BCUT2D eigenvalue weighted by atomic mass is 10.2. The summed E-state index contributed by atoms with van der Waals surface area (Å²) in [5, 5.41) is 3.43. The molecule has 1 rings (SSSR count). The second-order valence-electron chi connectivity index (χ2n) is 4.11. The fourth-order valence-electron chi connectivity index (χ4n) is 1.70. The topological polar surface area (TPSA) is 58.2 Å². The number of hydrogen-bond acceptors (Lipinski definition) is 4. The van der Waals surface area contributed by atoms with E-state index in [0.29, 0.717) is 18.2 Å². The highest BCUT2D eigenvalue weighted by Crippen LogP contribution is 2.24. The maximum absolute atomic E-state index is 11.6. The van der Waals surface area contributed by atoms with E-state index in [0.717, 1.165) is 13.0 Å². The van der Waals surface area contributed by atoms with E-state index in [1.54, 1.807) is 0 Å². The third-order valence-electron chi connectivity index (χ3n) is 2.64. The minimum atomic E-state index is -3.06. The molecule has 0 bridgehead atoms. The molecule has 16 heavy (non-hydrogen) atoms. The Balaban J connectivity index is 2.18. The van der Waals surface area contributed by atoms with E-state index in [1.165, 1.54) is 18.6 Å². The summed E-state index contributed by atoms with van der Waals surface area (Å²) in [4.78, 5) is 0. The largest absolute Gasteiger partial charge is 0.320 e. The highest BCUT2D eigenvalue weighted by atomic mass is 32.2. The molecular formula is C10H22N2O2S2. The highest BCUT2D eigenvalue weighted by Gasteiger charge is 2.17. The standard InChI is InChI=1S/C10H22N2O2S2/c1-11-6-4-8-16(13,14)12-9-10-5-2-3-7-15-10/h10-12H,2-9H2,1H3. The van der Waals surface area contributed by atoms with Crippen LogP contribution in [-0.4, -0.2) is 45.3 Å². The van der Waals surface area contributed by atoms with Crippen LogP contribution >= 0.6 is 11.8 Å². The highest BCUT2D eigenvalue weighted by molar-refractivity contribution is 8.00. The van der Waals surface area contributed by atoms with Crippen molar-refractivity contribution in [3.63, 3.8) is 0 Å². The number of rotatable bonds is 7. The molecule has 1 atom stereocenters. The van der Waals surface area contributed by atoms with E-state index in [9.17, 15) is 8.42 Å². The molecule has 0 aromatic rings. The van der Waals surface area contributed by atoms with Gasteiger partial charge in [-0.25, -0.2) is 13.1 Å². The molecule has 0 amide bonds. The van der Waals surface area contributed by atoms with E-state index in [2.05, 4.69) is 10.0 Å². The molecule has 1 saturated heterocycles. The molecule has 2 N–H and O–H groups in total. The molecule has 0 saturated carbocycles. The summed E-state index contributed by atoms with van der Waals surface area (Å²) in [6.45, 7) is 1.35. The Morgan fingerprint density at radius 3 is 2.81 bits per heavy atom. The van der Waals surface area contributed by atoms with Crippen molar-refractivity contribution in [2.75, 3.05) is 31.6 Å². The van der Waals surface area contributed by atoms with Crippen LogP contribution in [0.5, 0.6) is 0 Å². The molecule has 0 radical (unpaired) electrons. The second kappa shape index (κ2) is 7.53. The van der Waals surface area contributed by atoms with Gasteiger partial charge >= 0.3 is 0 Å². The average molecular weight is 266 g/mol. The summed E-state index contributed by atoms with van der Waals surface area (Å²) in [6.07, 6.45) is 4.32. The van der Waals surface area contributed by atoms with Crippen LogP contribution in [0.25, 0.3) is 0 Å². The van der Waals surface area contributed by atoms with Crippen LogP contribution in [0.1, 0.15) is 25.7 Å². The van der Waals surface area contributed by atoms with Crippen molar-refractivity contribution in [3.05, 3.63) is 0 Å². The van der Waals surface area contributed by atoms with Gasteiger partial charge in [-0.05, 0) is 38.6 Å². The zero-order valence-corrected chi connectivity index (χ0v) is 11.5. The van der Waals surface area contributed by atoms with Gasteiger partial charge in [-0.15, -0.1) is 0 Å². The molecule has 1 heterocycles.